The second-order valence-electron chi connectivity index (χ2n) is 9.13. The van der Waals surface area contributed by atoms with E-state index in [-0.39, 0.29) is 18.3 Å². The summed E-state index contributed by atoms with van der Waals surface area (Å²) in [6, 6.07) is 12.4. The van der Waals surface area contributed by atoms with Crippen LogP contribution in [-0.4, -0.2) is 56.7 Å². The Bertz CT molecular complexity index is 1460. The molecule has 10 nitrogen and oxygen atoms in total. The third-order valence-electron chi connectivity index (χ3n) is 6.64. The second-order valence-corrected chi connectivity index (χ2v) is 9.13. The first kappa shape index (κ1) is 25.3. The number of hydrogen-bond donors (Lipinski definition) is 5. The van der Waals surface area contributed by atoms with Crippen molar-refractivity contribution < 1.29 is 9.50 Å². The lowest BCUT2D eigenvalue weighted by Crippen LogP contribution is -2.44. The summed E-state index contributed by atoms with van der Waals surface area (Å²) in [5, 5.41) is 28.4. The van der Waals surface area contributed by atoms with Gasteiger partial charge >= 0.3 is 0 Å². The predicted molar refractivity (Wildman–Crippen MR) is 147 cm³/mol. The Balaban J connectivity index is 1.41. The molecule has 11 heteroatoms. The molecule has 0 aliphatic carbocycles. The zero-order chi connectivity index (χ0) is 26.5. The Morgan fingerprint density at radius 1 is 1.24 bits per heavy atom. The molecule has 0 atom stereocenters. The van der Waals surface area contributed by atoms with Gasteiger partial charge < -0.3 is 31.8 Å². The van der Waals surface area contributed by atoms with Crippen LogP contribution in [-0.2, 0) is 6.61 Å². The molecule has 4 heterocycles. The van der Waals surface area contributed by atoms with Gasteiger partial charge in [0.25, 0.3) is 0 Å². The average Bonchev–Trinajstić information content (AvgIpc) is 3.44. The number of fused-ring (bicyclic) bond motifs is 1. The van der Waals surface area contributed by atoms with Crippen LogP contribution in [0.2, 0.25) is 0 Å². The summed E-state index contributed by atoms with van der Waals surface area (Å²) < 4.78 is 16.5. The molecule has 1 saturated heterocycles. The number of nitrogens with two attached hydrogens (primary N) is 1. The van der Waals surface area contributed by atoms with Crippen LogP contribution in [0.3, 0.4) is 0 Å². The van der Waals surface area contributed by atoms with E-state index in [1.165, 1.54) is 23.2 Å². The summed E-state index contributed by atoms with van der Waals surface area (Å²) in [5.41, 5.74) is 8.50. The maximum absolute atomic E-state index is 14.9. The highest BCUT2D eigenvalue weighted by atomic mass is 19.1. The molecule has 1 fully saturated rings. The second kappa shape index (κ2) is 11.4. The summed E-state index contributed by atoms with van der Waals surface area (Å²) in [7, 11) is 0. The molecule has 5 rings (SSSR count). The minimum atomic E-state index is -0.461. The maximum atomic E-state index is 14.9. The molecule has 0 saturated carbocycles. The van der Waals surface area contributed by atoms with Crippen molar-refractivity contribution in [2.45, 2.75) is 25.5 Å². The standard InChI is InChI=1S/C27H30FN9O/c28-23-11-22(37-10-7-20(17-38)35-37)2-3-24(23)33-26-12-25-19(15-32-26)1-4-27(34-25)36(16-18(13-29)14-30)21-5-8-31-9-6-21/h1-4,7,10-15,21,29,31,38H,5-6,8-9,16-17,30H2,(H,32,33)/b18-14+,29-13?. The number of nitrogens with zero attached hydrogens (tertiary/aromatic N) is 5. The van der Waals surface area contributed by atoms with Crippen molar-refractivity contribution in [2.75, 3.05) is 29.9 Å². The number of rotatable bonds is 9. The highest BCUT2D eigenvalue weighted by Crippen LogP contribution is 2.27. The van der Waals surface area contributed by atoms with E-state index < -0.39 is 5.82 Å². The molecule has 4 aromatic rings. The fourth-order valence-electron chi connectivity index (χ4n) is 4.57. The Kier molecular flexibility index (Phi) is 7.57. The Hall–Kier alpha value is -4.35. The van der Waals surface area contributed by atoms with Gasteiger partial charge in [-0.25, -0.2) is 19.0 Å². The number of aliphatic hydroxyl groups is 1. The number of anilines is 3. The molecule has 1 aliphatic rings. The fraction of sp³-hybridized carbons (Fsp3) is 0.259. The van der Waals surface area contributed by atoms with Crippen molar-refractivity contribution >= 4 is 34.4 Å². The fourth-order valence-corrected chi connectivity index (χ4v) is 4.57. The van der Waals surface area contributed by atoms with E-state index in [1.807, 2.05) is 12.1 Å². The molecular weight excluding hydrogens is 485 g/mol. The summed E-state index contributed by atoms with van der Waals surface area (Å²) >= 11 is 0. The first-order valence-corrected chi connectivity index (χ1v) is 12.5. The topological polar surface area (TPSA) is 141 Å². The van der Waals surface area contributed by atoms with Crippen molar-refractivity contribution in [1.82, 2.24) is 25.1 Å². The molecule has 3 aromatic heterocycles. The molecule has 0 radical (unpaired) electrons. The molecule has 38 heavy (non-hydrogen) atoms. The smallest absolute Gasteiger partial charge is 0.148 e. The molecule has 0 unspecified atom stereocenters. The first-order valence-electron chi connectivity index (χ1n) is 12.5. The van der Waals surface area contributed by atoms with Gasteiger partial charge in [-0.3, -0.25) is 0 Å². The first-order chi connectivity index (χ1) is 18.6. The SMILES string of the molecule is N=C/C(=C\N)CN(c1ccc2cnc(Nc3ccc(-n4ccc(CO)n4)cc3F)cc2n1)C1CCNCC1. The van der Waals surface area contributed by atoms with Gasteiger partial charge in [-0.2, -0.15) is 5.10 Å². The largest absolute Gasteiger partial charge is 0.404 e. The highest BCUT2D eigenvalue weighted by Gasteiger charge is 2.23. The zero-order valence-electron chi connectivity index (χ0n) is 20.8. The van der Waals surface area contributed by atoms with Crippen LogP contribution in [0, 0.1) is 11.2 Å². The monoisotopic (exact) mass is 515 g/mol. The summed E-state index contributed by atoms with van der Waals surface area (Å²) in [5.74, 6) is 0.794. The van der Waals surface area contributed by atoms with Crippen LogP contribution in [0.25, 0.3) is 16.6 Å². The van der Waals surface area contributed by atoms with Gasteiger partial charge in [0, 0.05) is 60.5 Å². The molecule has 196 valence electrons. The number of pyridine rings is 2. The van der Waals surface area contributed by atoms with E-state index in [4.69, 9.17) is 16.1 Å². The molecule has 6 N–H and O–H groups in total. The Labute approximate surface area is 219 Å². The van der Waals surface area contributed by atoms with E-state index in [0.29, 0.717) is 29.3 Å². The van der Waals surface area contributed by atoms with Gasteiger partial charge in [0.15, 0.2) is 0 Å². The van der Waals surface area contributed by atoms with Crippen LogP contribution in [0.4, 0.5) is 21.7 Å². The van der Waals surface area contributed by atoms with Gasteiger partial charge in [-0.1, -0.05) is 0 Å². The van der Waals surface area contributed by atoms with Crippen LogP contribution >= 0.6 is 0 Å². The van der Waals surface area contributed by atoms with Crippen molar-refractivity contribution in [3.05, 3.63) is 78.1 Å². The molecule has 0 bridgehead atoms. The van der Waals surface area contributed by atoms with Crippen molar-refractivity contribution in [2.24, 2.45) is 5.73 Å². The normalized spacial score (nSPS) is 14.5. The highest BCUT2D eigenvalue weighted by molar-refractivity contribution is 5.83. The van der Waals surface area contributed by atoms with Crippen molar-refractivity contribution in [1.29, 1.82) is 5.41 Å². The van der Waals surface area contributed by atoms with E-state index in [2.05, 4.69) is 25.6 Å². The molecule has 1 aliphatic heterocycles. The lowest BCUT2D eigenvalue weighted by atomic mass is 10.0. The van der Waals surface area contributed by atoms with Crippen molar-refractivity contribution in [3.63, 3.8) is 0 Å². The minimum Gasteiger partial charge on any atom is -0.404 e. The van der Waals surface area contributed by atoms with E-state index in [0.717, 1.165) is 42.7 Å². The quantitative estimate of drug-likeness (QED) is 0.214. The number of halogens is 1. The summed E-state index contributed by atoms with van der Waals surface area (Å²) in [6.45, 7) is 2.16. The Morgan fingerprint density at radius 2 is 2.08 bits per heavy atom. The third-order valence-corrected chi connectivity index (χ3v) is 6.64. The van der Waals surface area contributed by atoms with Gasteiger partial charge in [0.2, 0.25) is 0 Å². The lowest BCUT2D eigenvalue weighted by molar-refractivity contribution is 0.276. The number of aliphatic hydroxyl groups excluding tert-OH is 1. The zero-order valence-corrected chi connectivity index (χ0v) is 20.8. The van der Waals surface area contributed by atoms with Gasteiger partial charge in [-0.15, -0.1) is 0 Å². The van der Waals surface area contributed by atoms with Gasteiger partial charge in [-0.05, 0) is 56.3 Å². The lowest BCUT2D eigenvalue weighted by Gasteiger charge is -2.36. The van der Waals surface area contributed by atoms with Gasteiger partial charge in [0.1, 0.15) is 17.5 Å². The van der Waals surface area contributed by atoms with Crippen LogP contribution in [0.15, 0.2) is 66.6 Å². The van der Waals surface area contributed by atoms with E-state index >= 15 is 0 Å². The maximum Gasteiger partial charge on any atom is 0.148 e. The number of piperidine rings is 1. The summed E-state index contributed by atoms with van der Waals surface area (Å²) in [6.07, 6.45) is 8.05. The van der Waals surface area contributed by atoms with Crippen LogP contribution in [0.1, 0.15) is 18.5 Å². The van der Waals surface area contributed by atoms with Crippen LogP contribution in [0.5, 0.6) is 0 Å². The van der Waals surface area contributed by atoms with Crippen molar-refractivity contribution in [3.8, 4) is 5.69 Å². The average molecular weight is 516 g/mol. The predicted octanol–water partition coefficient (Wildman–Crippen LogP) is 3.24. The molecule has 1 aromatic carbocycles. The number of nitrogens with one attached hydrogen (secondary N) is 3. The van der Waals surface area contributed by atoms with Gasteiger partial charge in [0.05, 0.1) is 29.2 Å². The molecular formula is C27H30FN9O. The third kappa shape index (κ3) is 5.48. The summed E-state index contributed by atoms with van der Waals surface area (Å²) in [4.78, 5) is 11.6. The minimum absolute atomic E-state index is 0.179. The number of hydrogen-bond acceptors (Lipinski definition) is 9. The number of aromatic nitrogens is 4. The number of benzene rings is 1. The molecule has 0 amide bonds. The van der Waals surface area contributed by atoms with E-state index in [1.54, 1.807) is 36.7 Å². The van der Waals surface area contributed by atoms with E-state index in [9.17, 15) is 9.50 Å². The Morgan fingerprint density at radius 3 is 2.79 bits per heavy atom. The molecule has 0 spiro atoms. The van der Waals surface area contributed by atoms with Crippen LogP contribution < -0.4 is 21.3 Å².